The van der Waals surface area contributed by atoms with E-state index in [1.165, 1.54) is 5.56 Å². The predicted octanol–water partition coefficient (Wildman–Crippen LogP) is 2.58. The molecule has 0 amide bonds. The normalized spacial score (nSPS) is 10.5. The molecule has 1 aromatic carbocycles. The van der Waals surface area contributed by atoms with E-state index in [1.54, 1.807) is 18.5 Å². The van der Waals surface area contributed by atoms with Gasteiger partial charge in [0.1, 0.15) is 0 Å². The van der Waals surface area contributed by atoms with E-state index in [0.717, 1.165) is 17.8 Å². The van der Waals surface area contributed by atoms with Gasteiger partial charge in [0.2, 0.25) is 0 Å². The summed E-state index contributed by atoms with van der Waals surface area (Å²) in [6, 6.07) is 12.1. The van der Waals surface area contributed by atoms with E-state index in [0.29, 0.717) is 5.69 Å². The molecule has 0 aliphatic heterocycles. The summed E-state index contributed by atoms with van der Waals surface area (Å²) in [7, 11) is 0. The third-order valence-electron chi connectivity index (χ3n) is 3.04. The van der Waals surface area contributed by atoms with Crippen LogP contribution in [0.5, 0.6) is 0 Å². The van der Waals surface area contributed by atoms with Crippen molar-refractivity contribution >= 4 is 5.69 Å². The lowest BCUT2D eigenvalue weighted by molar-refractivity contribution is 0.804. The number of benzene rings is 1. The molecule has 0 aliphatic carbocycles. The Morgan fingerprint density at radius 2 is 1.84 bits per heavy atom. The van der Waals surface area contributed by atoms with Crippen LogP contribution in [0.4, 0.5) is 5.69 Å². The average Bonchev–Trinajstić information content (AvgIpc) is 2.88. The highest BCUT2D eigenvalue weighted by Crippen LogP contribution is 2.24. The highest BCUT2D eigenvalue weighted by Gasteiger charge is 2.08. The molecule has 0 atom stereocenters. The first kappa shape index (κ1) is 11.5. The van der Waals surface area contributed by atoms with Crippen LogP contribution in [-0.4, -0.2) is 14.5 Å². The van der Waals surface area contributed by atoms with Gasteiger partial charge in [-0.05, 0) is 11.6 Å². The van der Waals surface area contributed by atoms with Crippen molar-refractivity contribution in [2.75, 3.05) is 5.73 Å². The molecule has 2 aromatic heterocycles. The molecular weight excluding hydrogens is 236 g/mol. The standard InChI is InChI=1S/C15H14N4/c16-14-6-7-17-8-13(14)15-9-18-11-19(15)10-12-4-2-1-3-5-12/h1-9,11H,10H2,(H2,16,17). The minimum Gasteiger partial charge on any atom is -0.398 e. The van der Waals surface area contributed by atoms with Crippen LogP contribution in [0, 0.1) is 0 Å². The van der Waals surface area contributed by atoms with Gasteiger partial charge in [-0.25, -0.2) is 4.98 Å². The molecule has 0 spiro atoms. The smallest absolute Gasteiger partial charge is 0.0954 e. The molecule has 4 heteroatoms. The summed E-state index contributed by atoms with van der Waals surface area (Å²) in [4.78, 5) is 8.34. The number of imidazole rings is 1. The Balaban J connectivity index is 1.98. The number of anilines is 1. The fourth-order valence-corrected chi connectivity index (χ4v) is 2.07. The van der Waals surface area contributed by atoms with Gasteiger partial charge in [-0.15, -0.1) is 0 Å². The van der Waals surface area contributed by atoms with E-state index in [-0.39, 0.29) is 0 Å². The van der Waals surface area contributed by atoms with Crippen LogP contribution in [0.2, 0.25) is 0 Å². The maximum Gasteiger partial charge on any atom is 0.0954 e. The number of nitrogens with zero attached hydrogens (tertiary/aromatic N) is 3. The van der Waals surface area contributed by atoms with Gasteiger partial charge in [0, 0.05) is 30.2 Å². The lowest BCUT2D eigenvalue weighted by atomic mass is 10.1. The first-order valence-electron chi connectivity index (χ1n) is 6.08. The number of hydrogen-bond acceptors (Lipinski definition) is 3. The van der Waals surface area contributed by atoms with Crippen LogP contribution < -0.4 is 5.73 Å². The van der Waals surface area contributed by atoms with Crippen LogP contribution >= 0.6 is 0 Å². The third-order valence-corrected chi connectivity index (χ3v) is 3.04. The minimum atomic E-state index is 0.713. The lowest BCUT2D eigenvalue weighted by Crippen LogP contribution is -2.02. The Kier molecular flexibility index (Phi) is 2.98. The maximum atomic E-state index is 5.99. The Morgan fingerprint density at radius 3 is 2.63 bits per heavy atom. The summed E-state index contributed by atoms with van der Waals surface area (Å²) in [5.74, 6) is 0. The quantitative estimate of drug-likeness (QED) is 0.777. The van der Waals surface area contributed by atoms with Crippen LogP contribution in [0.1, 0.15) is 5.56 Å². The fourth-order valence-electron chi connectivity index (χ4n) is 2.07. The van der Waals surface area contributed by atoms with Gasteiger partial charge in [-0.1, -0.05) is 30.3 Å². The molecule has 0 bridgehead atoms. The van der Waals surface area contributed by atoms with Crippen molar-refractivity contribution in [2.24, 2.45) is 0 Å². The molecular formula is C15H14N4. The van der Waals surface area contributed by atoms with Gasteiger partial charge in [0.05, 0.1) is 18.2 Å². The fraction of sp³-hybridized carbons (Fsp3) is 0.0667. The summed E-state index contributed by atoms with van der Waals surface area (Å²) >= 11 is 0. The van der Waals surface area contributed by atoms with Crippen LogP contribution in [-0.2, 0) is 6.54 Å². The molecule has 0 radical (unpaired) electrons. The van der Waals surface area contributed by atoms with E-state index in [1.807, 2.05) is 30.7 Å². The summed E-state index contributed by atoms with van der Waals surface area (Å²) in [6.45, 7) is 0.768. The van der Waals surface area contributed by atoms with Crippen molar-refractivity contribution in [1.29, 1.82) is 0 Å². The van der Waals surface area contributed by atoms with Crippen LogP contribution in [0.3, 0.4) is 0 Å². The Bertz CT molecular complexity index is 673. The van der Waals surface area contributed by atoms with E-state index in [4.69, 9.17) is 5.73 Å². The molecule has 94 valence electrons. The van der Waals surface area contributed by atoms with Crippen molar-refractivity contribution in [3.63, 3.8) is 0 Å². The number of rotatable bonds is 3. The van der Waals surface area contributed by atoms with Gasteiger partial charge in [0.25, 0.3) is 0 Å². The summed E-state index contributed by atoms with van der Waals surface area (Å²) in [5.41, 5.74) is 9.83. The third kappa shape index (κ3) is 2.33. The van der Waals surface area contributed by atoms with E-state index in [2.05, 4.69) is 26.7 Å². The summed E-state index contributed by atoms with van der Waals surface area (Å²) < 4.78 is 2.07. The second-order valence-corrected chi connectivity index (χ2v) is 4.36. The molecule has 4 nitrogen and oxygen atoms in total. The Morgan fingerprint density at radius 1 is 1.00 bits per heavy atom. The highest BCUT2D eigenvalue weighted by atomic mass is 15.0. The number of aromatic nitrogens is 3. The van der Waals surface area contributed by atoms with Gasteiger partial charge >= 0.3 is 0 Å². The zero-order valence-electron chi connectivity index (χ0n) is 10.4. The van der Waals surface area contributed by atoms with Crippen molar-refractivity contribution in [3.8, 4) is 11.3 Å². The lowest BCUT2D eigenvalue weighted by Gasteiger charge is -2.09. The molecule has 0 saturated heterocycles. The van der Waals surface area contributed by atoms with E-state index in [9.17, 15) is 0 Å². The largest absolute Gasteiger partial charge is 0.398 e. The van der Waals surface area contributed by atoms with Crippen molar-refractivity contribution in [2.45, 2.75) is 6.54 Å². The van der Waals surface area contributed by atoms with Crippen molar-refractivity contribution in [3.05, 3.63) is 66.9 Å². The molecule has 2 N–H and O–H groups in total. The van der Waals surface area contributed by atoms with Gasteiger partial charge in [0.15, 0.2) is 0 Å². The zero-order valence-corrected chi connectivity index (χ0v) is 10.4. The van der Waals surface area contributed by atoms with E-state index < -0.39 is 0 Å². The van der Waals surface area contributed by atoms with Crippen LogP contribution in [0.15, 0.2) is 61.3 Å². The number of nitrogens with two attached hydrogens (primary N) is 1. The highest BCUT2D eigenvalue weighted by molar-refractivity contribution is 5.72. The topological polar surface area (TPSA) is 56.7 Å². The molecule has 19 heavy (non-hydrogen) atoms. The second-order valence-electron chi connectivity index (χ2n) is 4.36. The molecule has 0 fully saturated rings. The van der Waals surface area contributed by atoms with Gasteiger partial charge in [-0.3, -0.25) is 4.98 Å². The first-order valence-corrected chi connectivity index (χ1v) is 6.08. The molecule has 0 saturated carbocycles. The molecule has 0 unspecified atom stereocenters. The summed E-state index contributed by atoms with van der Waals surface area (Å²) in [5, 5.41) is 0. The first-order chi connectivity index (χ1) is 9.34. The minimum absolute atomic E-state index is 0.713. The number of hydrogen-bond donors (Lipinski definition) is 1. The average molecular weight is 250 g/mol. The van der Waals surface area contributed by atoms with Gasteiger partial charge in [-0.2, -0.15) is 0 Å². The molecule has 0 aliphatic rings. The number of nitrogen functional groups attached to an aromatic ring is 1. The monoisotopic (exact) mass is 250 g/mol. The maximum absolute atomic E-state index is 5.99. The van der Waals surface area contributed by atoms with E-state index >= 15 is 0 Å². The van der Waals surface area contributed by atoms with Crippen LogP contribution in [0.25, 0.3) is 11.3 Å². The zero-order chi connectivity index (χ0) is 13.1. The Labute approximate surface area is 111 Å². The van der Waals surface area contributed by atoms with Crippen molar-refractivity contribution < 1.29 is 0 Å². The second kappa shape index (κ2) is 4.94. The SMILES string of the molecule is Nc1ccncc1-c1cncn1Cc1ccccc1. The Hall–Kier alpha value is -2.62. The molecule has 3 aromatic rings. The van der Waals surface area contributed by atoms with Gasteiger partial charge < -0.3 is 10.3 Å². The molecule has 3 rings (SSSR count). The molecule has 2 heterocycles. The predicted molar refractivity (Wildman–Crippen MR) is 75.4 cm³/mol. The number of pyridine rings is 1. The van der Waals surface area contributed by atoms with Crippen molar-refractivity contribution in [1.82, 2.24) is 14.5 Å². The summed E-state index contributed by atoms with van der Waals surface area (Å²) in [6.07, 6.45) is 7.09.